The highest BCUT2D eigenvalue weighted by Gasteiger charge is 2.39. The summed E-state index contributed by atoms with van der Waals surface area (Å²) in [6, 6.07) is 3.35. The molecule has 1 N–H and O–H groups in total. The van der Waals surface area contributed by atoms with Crippen molar-refractivity contribution < 1.29 is 23.4 Å². The van der Waals surface area contributed by atoms with Crippen LogP contribution in [0.2, 0.25) is 0 Å². The fourth-order valence-electron chi connectivity index (χ4n) is 1.65. The second-order valence-electron chi connectivity index (χ2n) is 3.55. The van der Waals surface area contributed by atoms with E-state index in [2.05, 4.69) is 0 Å². The molecule has 90 valence electrons. The summed E-state index contributed by atoms with van der Waals surface area (Å²) in [4.78, 5) is 0. The molecule has 1 unspecified atom stereocenters. The maximum Gasteiger partial charge on any atom is 0.189 e. The van der Waals surface area contributed by atoms with E-state index in [4.69, 9.17) is 9.47 Å². The number of hydrogen-bond acceptors (Lipinski definition) is 3. The van der Waals surface area contributed by atoms with Crippen molar-refractivity contribution in [1.29, 1.82) is 0 Å². The van der Waals surface area contributed by atoms with Gasteiger partial charge in [-0.05, 0) is 19.1 Å². The van der Waals surface area contributed by atoms with Crippen LogP contribution in [0.5, 0.6) is 0 Å². The quantitative estimate of drug-likeness (QED) is 0.804. The lowest BCUT2D eigenvalue weighted by atomic mass is 9.94. The molecule has 1 aromatic rings. The van der Waals surface area contributed by atoms with Gasteiger partial charge >= 0.3 is 0 Å². The molecule has 0 aliphatic carbocycles. The molecule has 0 fully saturated rings. The van der Waals surface area contributed by atoms with Crippen LogP contribution in [0.4, 0.5) is 8.78 Å². The Labute approximate surface area is 92.6 Å². The summed E-state index contributed by atoms with van der Waals surface area (Å²) in [5, 5.41) is 10.1. The minimum absolute atomic E-state index is 0.469. The number of rotatable bonds is 4. The van der Waals surface area contributed by atoms with Gasteiger partial charge in [0.1, 0.15) is 17.2 Å². The van der Waals surface area contributed by atoms with Gasteiger partial charge in [-0.25, -0.2) is 8.78 Å². The fourth-order valence-corrected chi connectivity index (χ4v) is 1.65. The summed E-state index contributed by atoms with van der Waals surface area (Å²) in [7, 11) is 2.56. The van der Waals surface area contributed by atoms with E-state index in [9.17, 15) is 13.9 Å². The Hall–Kier alpha value is -1.04. The zero-order chi connectivity index (χ0) is 12.3. The second kappa shape index (κ2) is 4.86. The smallest absolute Gasteiger partial charge is 0.189 e. The highest BCUT2D eigenvalue weighted by Crippen LogP contribution is 2.31. The summed E-state index contributed by atoms with van der Waals surface area (Å²) < 4.78 is 36.6. The number of halogens is 2. The number of benzene rings is 1. The first-order valence-electron chi connectivity index (χ1n) is 4.67. The van der Waals surface area contributed by atoms with Gasteiger partial charge in [-0.2, -0.15) is 0 Å². The van der Waals surface area contributed by atoms with Gasteiger partial charge < -0.3 is 14.6 Å². The third kappa shape index (κ3) is 2.21. The van der Waals surface area contributed by atoms with Crippen LogP contribution in [-0.2, 0) is 15.1 Å². The Kier molecular flexibility index (Phi) is 3.96. The van der Waals surface area contributed by atoms with Gasteiger partial charge in [0.15, 0.2) is 6.29 Å². The van der Waals surface area contributed by atoms with Gasteiger partial charge in [0.05, 0.1) is 5.56 Å². The van der Waals surface area contributed by atoms with Crippen LogP contribution in [-0.4, -0.2) is 25.6 Å². The van der Waals surface area contributed by atoms with Gasteiger partial charge in [0.2, 0.25) is 0 Å². The van der Waals surface area contributed by atoms with E-state index in [1.807, 2.05) is 0 Å². The van der Waals surface area contributed by atoms with Crippen molar-refractivity contribution in [3.8, 4) is 0 Å². The molecule has 3 nitrogen and oxygen atoms in total. The van der Waals surface area contributed by atoms with Gasteiger partial charge in [0, 0.05) is 14.2 Å². The first-order valence-corrected chi connectivity index (χ1v) is 4.67. The lowest BCUT2D eigenvalue weighted by Gasteiger charge is -2.31. The zero-order valence-electron chi connectivity index (χ0n) is 9.33. The highest BCUT2D eigenvalue weighted by molar-refractivity contribution is 5.26. The maximum absolute atomic E-state index is 13.5. The van der Waals surface area contributed by atoms with E-state index in [-0.39, 0.29) is 0 Å². The normalized spacial score (nSPS) is 15.2. The summed E-state index contributed by atoms with van der Waals surface area (Å²) in [5.74, 6) is -1.69. The predicted molar refractivity (Wildman–Crippen MR) is 53.7 cm³/mol. The molecule has 0 amide bonds. The van der Waals surface area contributed by atoms with E-state index in [0.29, 0.717) is 0 Å². The number of methoxy groups -OCH3 is 2. The van der Waals surface area contributed by atoms with Gasteiger partial charge in [-0.3, -0.25) is 0 Å². The van der Waals surface area contributed by atoms with Crippen LogP contribution in [0.25, 0.3) is 0 Å². The molecule has 5 heteroatoms. The molecule has 0 aromatic heterocycles. The molecule has 0 bridgehead atoms. The molecular weight excluding hydrogens is 218 g/mol. The Morgan fingerprint density at radius 1 is 1.19 bits per heavy atom. The molecule has 1 rings (SSSR count). The fraction of sp³-hybridized carbons (Fsp3) is 0.455. The zero-order valence-corrected chi connectivity index (χ0v) is 9.33. The first-order chi connectivity index (χ1) is 7.45. The van der Waals surface area contributed by atoms with E-state index >= 15 is 0 Å². The van der Waals surface area contributed by atoms with Gasteiger partial charge in [-0.15, -0.1) is 0 Å². The largest absolute Gasteiger partial charge is 0.380 e. The average molecular weight is 232 g/mol. The van der Waals surface area contributed by atoms with Crippen molar-refractivity contribution in [2.45, 2.75) is 18.8 Å². The standard InChI is InChI=1S/C11H14F2O3/c1-11(14,10(15-2)16-3)9-7(12)5-4-6-8(9)13/h4-6,10,14H,1-3H3. The number of aliphatic hydroxyl groups is 1. The summed E-state index contributed by atoms with van der Waals surface area (Å²) in [5.41, 5.74) is -2.37. The van der Waals surface area contributed by atoms with Crippen LogP contribution in [0.1, 0.15) is 12.5 Å². The average Bonchev–Trinajstić information content (AvgIpc) is 2.18. The number of hydrogen-bond donors (Lipinski definition) is 1. The summed E-state index contributed by atoms with van der Waals surface area (Å²) >= 11 is 0. The molecule has 0 saturated heterocycles. The molecule has 0 saturated carbocycles. The van der Waals surface area contributed by atoms with E-state index < -0.39 is 29.1 Å². The SMILES string of the molecule is COC(OC)C(C)(O)c1c(F)cccc1F. The van der Waals surface area contributed by atoms with E-state index in [1.54, 1.807) is 0 Å². The van der Waals surface area contributed by atoms with Crippen molar-refractivity contribution in [3.05, 3.63) is 35.4 Å². The molecule has 1 aromatic carbocycles. The minimum atomic E-state index is -1.90. The number of ether oxygens (including phenoxy) is 2. The molecule has 0 spiro atoms. The monoisotopic (exact) mass is 232 g/mol. The molecule has 16 heavy (non-hydrogen) atoms. The van der Waals surface area contributed by atoms with E-state index in [0.717, 1.165) is 12.1 Å². The van der Waals surface area contributed by atoms with Crippen molar-refractivity contribution in [1.82, 2.24) is 0 Å². The van der Waals surface area contributed by atoms with Crippen molar-refractivity contribution in [2.24, 2.45) is 0 Å². The van der Waals surface area contributed by atoms with Crippen molar-refractivity contribution in [3.63, 3.8) is 0 Å². The Morgan fingerprint density at radius 3 is 2.00 bits per heavy atom. The van der Waals surface area contributed by atoms with Crippen LogP contribution in [0.3, 0.4) is 0 Å². The predicted octanol–water partition coefficient (Wildman–Crippen LogP) is 1.79. The molecule has 0 aliphatic rings. The van der Waals surface area contributed by atoms with Crippen LogP contribution in [0.15, 0.2) is 18.2 Å². The second-order valence-corrected chi connectivity index (χ2v) is 3.55. The topological polar surface area (TPSA) is 38.7 Å². The molecule has 0 radical (unpaired) electrons. The molecule has 0 aliphatic heterocycles. The Bertz CT molecular complexity index is 342. The van der Waals surface area contributed by atoms with Crippen molar-refractivity contribution in [2.75, 3.05) is 14.2 Å². The summed E-state index contributed by atoms with van der Waals surface area (Å²) in [6.45, 7) is 1.23. The minimum Gasteiger partial charge on any atom is -0.380 e. The van der Waals surface area contributed by atoms with Gasteiger partial charge in [-0.1, -0.05) is 6.07 Å². The lowest BCUT2D eigenvalue weighted by Crippen LogP contribution is -2.40. The van der Waals surface area contributed by atoms with Crippen LogP contribution >= 0.6 is 0 Å². The lowest BCUT2D eigenvalue weighted by molar-refractivity contribution is -0.214. The Balaban J connectivity index is 3.25. The van der Waals surface area contributed by atoms with E-state index in [1.165, 1.54) is 27.2 Å². The van der Waals surface area contributed by atoms with Crippen LogP contribution < -0.4 is 0 Å². The Morgan fingerprint density at radius 2 is 1.62 bits per heavy atom. The maximum atomic E-state index is 13.5. The van der Waals surface area contributed by atoms with Crippen molar-refractivity contribution >= 4 is 0 Å². The molecule has 0 heterocycles. The van der Waals surface area contributed by atoms with Gasteiger partial charge in [0.25, 0.3) is 0 Å². The third-order valence-corrected chi connectivity index (χ3v) is 2.36. The third-order valence-electron chi connectivity index (χ3n) is 2.36. The molecular formula is C11H14F2O3. The summed E-state index contributed by atoms with van der Waals surface area (Å²) in [6.07, 6.45) is -1.15. The molecule has 1 atom stereocenters. The first kappa shape index (κ1) is 13.0. The highest BCUT2D eigenvalue weighted by atomic mass is 19.1. The van der Waals surface area contributed by atoms with Crippen LogP contribution in [0, 0.1) is 11.6 Å².